The van der Waals surface area contributed by atoms with Gasteiger partial charge in [0.2, 0.25) is 0 Å². The lowest BCUT2D eigenvalue weighted by atomic mass is 10.1. The van der Waals surface area contributed by atoms with Crippen molar-refractivity contribution in [2.24, 2.45) is 0 Å². The van der Waals surface area contributed by atoms with Crippen LogP contribution in [0.5, 0.6) is 0 Å². The molecule has 1 heteroatoms. The van der Waals surface area contributed by atoms with E-state index < -0.39 is 8.80 Å². The van der Waals surface area contributed by atoms with Gasteiger partial charge in [0.25, 0.3) is 0 Å². The van der Waals surface area contributed by atoms with Gasteiger partial charge >= 0.3 is 0 Å². The Kier molecular flexibility index (Phi) is 5.27. The van der Waals surface area contributed by atoms with Crippen molar-refractivity contribution in [1.29, 1.82) is 0 Å². The third-order valence-corrected chi connectivity index (χ3v) is 8.20. The van der Waals surface area contributed by atoms with Gasteiger partial charge in [-0.05, 0) is 5.04 Å². The van der Waals surface area contributed by atoms with Gasteiger partial charge in [-0.25, -0.2) is 0 Å². The first-order valence-electron chi connectivity index (χ1n) is 5.83. The van der Waals surface area contributed by atoms with Crippen LogP contribution < -0.4 is 0 Å². The molecule has 0 spiro atoms. The van der Waals surface area contributed by atoms with Crippen LogP contribution in [0.4, 0.5) is 0 Å². The van der Waals surface area contributed by atoms with Gasteiger partial charge in [0.05, 0.1) is 0 Å². The van der Waals surface area contributed by atoms with Crippen LogP contribution in [0.15, 0.2) is 0 Å². The predicted molar refractivity (Wildman–Crippen MR) is 66.3 cm³/mol. The lowest BCUT2D eigenvalue weighted by molar-refractivity contribution is 0.563. The first kappa shape index (κ1) is 13.2. The summed E-state index contributed by atoms with van der Waals surface area (Å²) in [4.78, 5) is 0. The van der Waals surface area contributed by atoms with Gasteiger partial charge in [0.15, 0.2) is 0 Å². The maximum absolute atomic E-state index is 2.49. The summed E-state index contributed by atoms with van der Waals surface area (Å²) in [6.07, 6.45) is 2.76. The summed E-state index contributed by atoms with van der Waals surface area (Å²) in [6, 6.07) is 0. The van der Waals surface area contributed by atoms with E-state index in [1.54, 1.807) is 0 Å². The Morgan fingerprint density at radius 3 is 1.62 bits per heavy atom. The Bertz CT molecular complexity index is 128. The van der Waals surface area contributed by atoms with Crippen LogP contribution in [0, 0.1) is 0 Å². The molecule has 0 amide bonds. The summed E-state index contributed by atoms with van der Waals surface area (Å²) >= 11 is 0. The largest absolute Gasteiger partial charge is 0.0654 e. The van der Waals surface area contributed by atoms with Crippen molar-refractivity contribution >= 4 is 8.80 Å². The fraction of sp³-hybridized carbons (Fsp3) is 1.00. The maximum Gasteiger partial charge on any atom is 0.0476 e. The molecule has 0 aliphatic carbocycles. The molecule has 0 bridgehead atoms. The van der Waals surface area contributed by atoms with E-state index in [-0.39, 0.29) is 0 Å². The topological polar surface area (TPSA) is 0 Å². The third-order valence-electron chi connectivity index (χ3n) is 3.23. The van der Waals surface area contributed by atoms with Gasteiger partial charge in [-0.3, -0.25) is 0 Å². The molecule has 0 aromatic carbocycles. The minimum atomic E-state index is -0.607. The highest BCUT2D eigenvalue weighted by Gasteiger charge is 2.34. The molecule has 0 nitrogen and oxygen atoms in total. The Labute approximate surface area is 86.7 Å². The van der Waals surface area contributed by atoms with E-state index in [9.17, 15) is 0 Å². The quantitative estimate of drug-likeness (QED) is 0.568. The highest BCUT2D eigenvalue weighted by atomic mass is 28.3. The Hall–Kier alpha value is 0.217. The summed E-state index contributed by atoms with van der Waals surface area (Å²) in [5.41, 5.74) is 1.89. The molecule has 13 heavy (non-hydrogen) atoms. The fourth-order valence-corrected chi connectivity index (χ4v) is 9.16. The van der Waals surface area contributed by atoms with E-state index in [0.29, 0.717) is 5.04 Å². The van der Waals surface area contributed by atoms with Crippen molar-refractivity contribution in [1.82, 2.24) is 0 Å². The first-order chi connectivity index (χ1) is 5.83. The van der Waals surface area contributed by atoms with Gasteiger partial charge in [0, 0.05) is 8.80 Å². The number of rotatable bonds is 5. The van der Waals surface area contributed by atoms with Gasteiger partial charge in [-0.15, -0.1) is 0 Å². The average molecular weight is 200 g/mol. The van der Waals surface area contributed by atoms with Crippen LogP contribution in [0.2, 0.25) is 16.1 Å². The standard InChI is InChI=1S/C12H28Si/c1-8-9-12(6,7)13(10(2)3)11(4)5/h10-11,13H,8-9H2,1-7H3. The molecule has 0 aromatic heterocycles. The smallest absolute Gasteiger partial charge is 0.0476 e. The molecule has 0 N–H and O–H groups in total. The van der Waals surface area contributed by atoms with Gasteiger partial charge < -0.3 is 0 Å². The van der Waals surface area contributed by atoms with Crippen molar-refractivity contribution in [2.75, 3.05) is 0 Å². The highest BCUT2D eigenvalue weighted by molar-refractivity contribution is 6.64. The Morgan fingerprint density at radius 1 is 1.00 bits per heavy atom. The van der Waals surface area contributed by atoms with Crippen LogP contribution in [0.3, 0.4) is 0 Å². The Morgan fingerprint density at radius 2 is 1.38 bits per heavy atom. The van der Waals surface area contributed by atoms with Gasteiger partial charge in [-0.1, -0.05) is 72.4 Å². The van der Waals surface area contributed by atoms with Crippen molar-refractivity contribution < 1.29 is 0 Å². The summed E-state index contributed by atoms with van der Waals surface area (Å²) in [5.74, 6) is 0. The first-order valence-corrected chi connectivity index (χ1v) is 7.74. The number of hydrogen-bond acceptors (Lipinski definition) is 0. The molecule has 0 aliphatic heterocycles. The molecule has 80 valence electrons. The van der Waals surface area contributed by atoms with Crippen molar-refractivity contribution in [3.63, 3.8) is 0 Å². The molecule has 0 aliphatic rings. The third kappa shape index (κ3) is 3.84. The molecule has 0 unspecified atom stereocenters. The van der Waals surface area contributed by atoms with Crippen LogP contribution in [0.1, 0.15) is 61.3 Å². The maximum atomic E-state index is 2.49. The van der Waals surface area contributed by atoms with E-state index in [1.807, 2.05) is 0 Å². The van der Waals surface area contributed by atoms with E-state index in [1.165, 1.54) is 12.8 Å². The minimum absolute atomic E-state index is 0.607. The van der Waals surface area contributed by atoms with E-state index >= 15 is 0 Å². The SMILES string of the molecule is CCCC(C)(C)[SiH](C(C)C)C(C)C. The molecule has 0 fully saturated rings. The van der Waals surface area contributed by atoms with Gasteiger partial charge in [-0.2, -0.15) is 0 Å². The molecular weight excluding hydrogens is 172 g/mol. The minimum Gasteiger partial charge on any atom is -0.0654 e. The summed E-state index contributed by atoms with van der Waals surface area (Å²) in [6.45, 7) is 17.0. The molecule has 0 saturated heterocycles. The molecule has 0 atom stereocenters. The lowest BCUT2D eigenvalue weighted by Crippen LogP contribution is -2.33. The zero-order valence-corrected chi connectivity index (χ0v) is 11.8. The summed E-state index contributed by atoms with van der Waals surface area (Å²) in [7, 11) is -0.607. The zero-order chi connectivity index (χ0) is 10.6. The average Bonchev–Trinajstić information content (AvgIpc) is 1.82. The van der Waals surface area contributed by atoms with Crippen molar-refractivity contribution in [2.45, 2.75) is 77.4 Å². The second kappa shape index (κ2) is 5.19. The molecule has 0 heterocycles. The fourth-order valence-electron chi connectivity index (χ4n) is 3.39. The van der Waals surface area contributed by atoms with Crippen LogP contribution in [-0.4, -0.2) is 8.80 Å². The molecule has 0 aromatic rings. The summed E-state index contributed by atoms with van der Waals surface area (Å²) in [5, 5.41) is 0.650. The zero-order valence-electron chi connectivity index (χ0n) is 10.6. The van der Waals surface area contributed by atoms with E-state index in [4.69, 9.17) is 0 Å². The second-order valence-electron chi connectivity index (χ2n) is 5.75. The summed E-state index contributed by atoms with van der Waals surface area (Å²) < 4.78 is 0. The monoisotopic (exact) mass is 200 g/mol. The van der Waals surface area contributed by atoms with E-state index in [2.05, 4.69) is 48.5 Å². The highest BCUT2D eigenvalue weighted by Crippen LogP contribution is 2.43. The van der Waals surface area contributed by atoms with Crippen LogP contribution in [-0.2, 0) is 0 Å². The molecule has 0 saturated carbocycles. The molecule has 0 rings (SSSR count). The molecular formula is C12H28Si. The Balaban J connectivity index is 4.52. The predicted octanol–water partition coefficient (Wildman–Crippen LogP) is 4.61. The van der Waals surface area contributed by atoms with Crippen molar-refractivity contribution in [3.05, 3.63) is 0 Å². The van der Waals surface area contributed by atoms with Crippen LogP contribution >= 0.6 is 0 Å². The van der Waals surface area contributed by atoms with Crippen LogP contribution in [0.25, 0.3) is 0 Å². The molecule has 0 radical (unpaired) electrons. The number of hydrogen-bond donors (Lipinski definition) is 0. The normalized spacial score (nSPS) is 13.4. The van der Waals surface area contributed by atoms with E-state index in [0.717, 1.165) is 11.1 Å². The van der Waals surface area contributed by atoms with Gasteiger partial charge in [0.1, 0.15) is 0 Å². The van der Waals surface area contributed by atoms with Crippen molar-refractivity contribution in [3.8, 4) is 0 Å². The second-order valence-corrected chi connectivity index (χ2v) is 11.0. The lowest BCUT2D eigenvalue weighted by Gasteiger charge is -2.38.